The molecule has 1 heterocycles. The number of oxime groups is 1. The Morgan fingerprint density at radius 1 is 0.960 bits per heavy atom. The summed E-state index contributed by atoms with van der Waals surface area (Å²) in [5.74, 6) is 6.62. The molecule has 1 rings (SSSR count). The molecular formula is C22H34N2O. The lowest BCUT2D eigenvalue weighted by Gasteiger charge is -2.01. The summed E-state index contributed by atoms with van der Waals surface area (Å²) in [5, 5.41) is 3.73. The molecule has 0 fully saturated rings. The molecule has 0 bridgehead atoms. The van der Waals surface area contributed by atoms with E-state index in [1.54, 1.807) is 7.11 Å². The van der Waals surface area contributed by atoms with Gasteiger partial charge in [-0.25, -0.2) is 0 Å². The van der Waals surface area contributed by atoms with Gasteiger partial charge in [0.25, 0.3) is 0 Å². The average molecular weight is 343 g/mol. The first-order chi connectivity index (χ1) is 12.4. The van der Waals surface area contributed by atoms with Gasteiger partial charge in [0.05, 0.1) is 0 Å². The number of nitrogens with zero attached hydrogens (tertiary/aromatic N) is 2. The first kappa shape index (κ1) is 21.2. The van der Waals surface area contributed by atoms with E-state index in [4.69, 9.17) is 0 Å². The monoisotopic (exact) mass is 342 g/mol. The Morgan fingerprint density at radius 2 is 1.64 bits per heavy atom. The van der Waals surface area contributed by atoms with Crippen LogP contribution in [0.15, 0.2) is 29.7 Å². The molecule has 25 heavy (non-hydrogen) atoms. The van der Waals surface area contributed by atoms with Crippen LogP contribution in [0.3, 0.4) is 0 Å². The second-order valence-electron chi connectivity index (χ2n) is 6.41. The van der Waals surface area contributed by atoms with Gasteiger partial charge in [-0.15, -0.1) is 11.8 Å². The molecule has 138 valence electrons. The summed E-state index contributed by atoms with van der Waals surface area (Å²) in [6.07, 6.45) is 21.4. The van der Waals surface area contributed by atoms with E-state index >= 15 is 0 Å². The lowest BCUT2D eigenvalue weighted by atomic mass is 10.1. The largest absolute Gasteiger partial charge is 0.399 e. The third-order valence-corrected chi connectivity index (χ3v) is 4.18. The predicted molar refractivity (Wildman–Crippen MR) is 107 cm³/mol. The molecular weight excluding hydrogens is 308 g/mol. The fraction of sp³-hybridized carbons (Fsp3) is 0.636. The molecule has 0 aliphatic carbocycles. The van der Waals surface area contributed by atoms with E-state index in [1.165, 1.54) is 69.8 Å². The number of hydrogen-bond donors (Lipinski definition) is 0. The van der Waals surface area contributed by atoms with Gasteiger partial charge in [0.15, 0.2) is 0 Å². The van der Waals surface area contributed by atoms with Crippen LogP contribution in [-0.4, -0.2) is 18.3 Å². The predicted octanol–water partition coefficient (Wildman–Crippen LogP) is 5.94. The molecule has 0 radical (unpaired) electrons. The van der Waals surface area contributed by atoms with E-state index in [9.17, 15) is 0 Å². The smallest absolute Gasteiger partial charge is 0.106 e. The molecule has 0 saturated heterocycles. The highest BCUT2D eigenvalue weighted by atomic mass is 16.6. The van der Waals surface area contributed by atoms with Crippen molar-refractivity contribution in [1.82, 2.24) is 4.98 Å². The Balaban J connectivity index is 1.79. The van der Waals surface area contributed by atoms with Crippen LogP contribution in [0.25, 0.3) is 0 Å². The summed E-state index contributed by atoms with van der Waals surface area (Å²) in [4.78, 5) is 8.78. The maximum atomic E-state index is 4.62. The molecule has 0 aliphatic heterocycles. The molecule has 0 spiro atoms. The van der Waals surface area contributed by atoms with Crippen molar-refractivity contribution in [3.63, 3.8) is 0 Å². The minimum absolute atomic E-state index is 1.00. The van der Waals surface area contributed by atoms with Crippen molar-refractivity contribution >= 4 is 6.21 Å². The zero-order valence-electron chi connectivity index (χ0n) is 15.9. The van der Waals surface area contributed by atoms with Crippen molar-refractivity contribution in [1.29, 1.82) is 0 Å². The van der Waals surface area contributed by atoms with Gasteiger partial charge >= 0.3 is 0 Å². The molecule has 1 aromatic heterocycles. The fourth-order valence-electron chi connectivity index (χ4n) is 2.73. The Labute approximate surface area is 154 Å². The van der Waals surface area contributed by atoms with Crippen LogP contribution < -0.4 is 0 Å². The number of rotatable bonds is 14. The van der Waals surface area contributed by atoms with Crippen molar-refractivity contribution in [3.8, 4) is 11.8 Å². The van der Waals surface area contributed by atoms with E-state index in [0.717, 1.165) is 19.3 Å². The standard InChI is InChI=1S/C22H34N2O/c1-25-24-20-15-13-11-9-7-5-3-2-4-6-8-10-12-14-17-22-18-16-19-23-21-22/h16,18-21H,2,4,6-15,17H2,1H3/b24-20-. The second-order valence-corrected chi connectivity index (χ2v) is 6.41. The zero-order chi connectivity index (χ0) is 17.8. The Bertz CT molecular complexity index is 488. The summed E-state index contributed by atoms with van der Waals surface area (Å²) in [6, 6.07) is 4.19. The van der Waals surface area contributed by atoms with Crippen LogP contribution in [0.4, 0.5) is 0 Å². The summed E-state index contributed by atoms with van der Waals surface area (Å²) in [7, 11) is 1.58. The molecule has 0 saturated carbocycles. The first-order valence-corrected chi connectivity index (χ1v) is 9.83. The Morgan fingerprint density at radius 3 is 2.32 bits per heavy atom. The fourth-order valence-corrected chi connectivity index (χ4v) is 2.73. The van der Waals surface area contributed by atoms with E-state index in [2.05, 4.69) is 32.9 Å². The molecule has 3 heteroatoms. The van der Waals surface area contributed by atoms with Gasteiger partial charge in [0.1, 0.15) is 7.11 Å². The molecule has 0 aliphatic rings. The minimum atomic E-state index is 1.00. The van der Waals surface area contributed by atoms with Crippen LogP contribution in [0.5, 0.6) is 0 Å². The lowest BCUT2D eigenvalue weighted by molar-refractivity contribution is 0.214. The number of pyridine rings is 1. The van der Waals surface area contributed by atoms with E-state index in [1.807, 2.05) is 24.7 Å². The van der Waals surface area contributed by atoms with Gasteiger partial charge in [-0.3, -0.25) is 4.98 Å². The molecule has 0 atom stereocenters. The maximum Gasteiger partial charge on any atom is 0.106 e. The first-order valence-electron chi connectivity index (χ1n) is 9.83. The second kappa shape index (κ2) is 17.0. The van der Waals surface area contributed by atoms with E-state index in [-0.39, 0.29) is 0 Å². The average Bonchev–Trinajstić information content (AvgIpc) is 2.65. The summed E-state index contributed by atoms with van der Waals surface area (Å²) < 4.78 is 0. The van der Waals surface area contributed by atoms with Crippen LogP contribution in [-0.2, 0) is 11.3 Å². The molecule has 0 aromatic carbocycles. The van der Waals surface area contributed by atoms with Gasteiger partial charge in [-0.05, 0) is 50.2 Å². The van der Waals surface area contributed by atoms with Gasteiger partial charge in [0.2, 0.25) is 0 Å². The van der Waals surface area contributed by atoms with Gasteiger partial charge in [-0.2, -0.15) is 0 Å². The van der Waals surface area contributed by atoms with Crippen molar-refractivity contribution in [2.45, 2.75) is 83.5 Å². The molecule has 0 unspecified atom stereocenters. The quantitative estimate of drug-likeness (QED) is 0.181. The third kappa shape index (κ3) is 14.2. The Kier molecular flexibility index (Phi) is 14.4. The summed E-state index contributed by atoms with van der Waals surface area (Å²) >= 11 is 0. The highest BCUT2D eigenvalue weighted by Gasteiger charge is 1.94. The number of aromatic nitrogens is 1. The molecule has 1 aromatic rings. The zero-order valence-corrected chi connectivity index (χ0v) is 15.9. The van der Waals surface area contributed by atoms with Crippen LogP contribution in [0.2, 0.25) is 0 Å². The van der Waals surface area contributed by atoms with Crippen molar-refractivity contribution in [3.05, 3.63) is 30.1 Å². The van der Waals surface area contributed by atoms with Crippen LogP contribution in [0, 0.1) is 11.8 Å². The van der Waals surface area contributed by atoms with Crippen LogP contribution in [0.1, 0.15) is 82.6 Å². The molecule has 0 amide bonds. The van der Waals surface area contributed by atoms with Crippen molar-refractivity contribution in [2.24, 2.45) is 5.16 Å². The lowest BCUT2D eigenvalue weighted by Crippen LogP contribution is -1.87. The van der Waals surface area contributed by atoms with E-state index < -0.39 is 0 Å². The minimum Gasteiger partial charge on any atom is -0.399 e. The maximum absolute atomic E-state index is 4.62. The van der Waals surface area contributed by atoms with Crippen molar-refractivity contribution in [2.75, 3.05) is 7.11 Å². The number of unbranched alkanes of at least 4 members (excludes halogenated alkanes) is 10. The number of hydrogen-bond acceptors (Lipinski definition) is 3. The summed E-state index contributed by atoms with van der Waals surface area (Å²) in [6.45, 7) is 0. The Hall–Kier alpha value is -1.82. The highest BCUT2D eigenvalue weighted by Crippen LogP contribution is 2.10. The molecule has 3 nitrogen and oxygen atoms in total. The van der Waals surface area contributed by atoms with Crippen molar-refractivity contribution < 1.29 is 4.84 Å². The SMILES string of the molecule is CO/N=C\CCCCCC#CCCCCCCCCc1cccnc1. The van der Waals surface area contributed by atoms with E-state index in [0.29, 0.717) is 0 Å². The summed E-state index contributed by atoms with van der Waals surface area (Å²) in [5.41, 5.74) is 1.36. The number of aryl methyl sites for hydroxylation is 1. The van der Waals surface area contributed by atoms with Crippen LogP contribution >= 0.6 is 0 Å². The highest BCUT2D eigenvalue weighted by molar-refractivity contribution is 5.55. The normalized spacial score (nSPS) is 10.6. The van der Waals surface area contributed by atoms with Gasteiger partial charge < -0.3 is 4.84 Å². The van der Waals surface area contributed by atoms with Gasteiger partial charge in [-0.1, -0.05) is 43.3 Å². The third-order valence-electron chi connectivity index (χ3n) is 4.18. The molecule has 0 N–H and O–H groups in total. The van der Waals surface area contributed by atoms with Gasteiger partial charge in [0, 0.05) is 31.4 Å². The topological polar surface area (TPSA) is 34.5 Å².